The maximum atomic E-state index is 13.3. The summed E-state index contributed by atoms with van der Waals surface area (Å²) in [5.74, 6) is -0.136. The summed E-state index contributed by atoms with van der Waals surface area (Å²) in [6.07, 6.45) is 1.45. The Labute approximate surface area is 217 Å². The van der Waals surface area contributed by atoms with Crippen LogP contribution in [0, 0.1) is 10.1 Å². The molecule has 2 saturated heterocycles. The molecule has 1 aromatic rings. The molecule has 0 aromatic heterocycles. The predicted molar refractivity (Wildman–Crippen MR) is 135 cm³/mol. The predicted octanol–water partition coefficient (Wildman–Crippen LogP) is 1.97. The van der Waals surface area contributed by atoms with E-state index in [9.17, 15) is 29.6 Å². The molecule has 3 rings (SSSR count). The molecular weight excluding hydrogens is 510 g/mol. The van der Waals surface area contributed by atoms with E-state index in [1.54, 1.807) is 30.4 Å². The van der Waals surface area contributed by atoms with Crippen molar-refractivity contribution in [3.05, 3.63) is 46.0 Å². The van der Waals surface area contributed by atoms with E-state index in [0.717, 1.165) is 17.1 Å². The van der Waals surface area contributed by atoms with Gasteiger partial charge >= 0.3 is 11.9 Å². The average Bonchev–Trinajstić information content (AvgIpc) is 3.48. The fourth-order valence-electron chi connectivity index (χ4n) is 4.32. The summed E-state index contributed by atoms with van der Waals surface area (Å²) < 4.78 is 4.99. The molecule has 1 spiro atoms. The summed E-state index contributed by atoms with van der Waals surface area (Å²) in [7, 11) is 0. The molecular formula is C23H31N3O8S2. The summed E-state index contributed by atoms with van der Waals surface area (Å²) in [6.45, 7) is 1.71. The standard InChI is InChI=1S/C23H31N3O8S2/c1-16(20(27)25-15-23(35-12-13-36-23)14-19(25)21(28)29)24-18(9-8-17-6-3-2-4-7-17)22(30)33-10-5-11-34-26(31)32/h2-4,6-7,16,18-19,24H,5,8-15H2,1H3,(H,28,29). The number of benzene rings is 1. The number of thioether (sulfide) groups is 2. The zero-order chi connectivity index (χ0) is 26.1. The zero-order valence-corrected chi connectivity index (χ0v) is 21.6. The van der Waals surface area contributed by atoms with Crippen LogP contribution in [0.15, 0.2) is 30.3 Å². The van der Waals surface area contributed by atoms with E-state index in [4.69, 9.17) is 4.74 Å². The van der Waals surface area contributed by atoms with E-state index in [-0.39, 0.29) is 29.6 Å². The lowest BCUT2D eigenvalue weighted by molar-refractivity contribution is -0.757. The average molecular weight is 542 g/mol. The fraction of sp³-hybridized carbons (Fsp3) is 0.609. The quantitative estimate of drug-likeness (QED) is 0.163. The maximum absolute atomic E-state index is 13.3. The van der Waals surface area contributed by atoms with Gasteiger partial charge in [-0.05, 0) is 25.3 Å². The van der Waals surface area contributed by atoms with Crippen molar-refractivity contribution in [1.29, 1.82) is 0 Å². The molecule has 2 aliphatic rings. The number of nitrogens with zero attached hydrogens (tertiary/aromatic N) is 2. The van der Waals surface area contributed by atoms with Gasteiger partial charge in [-0.2, -0.15) is 0 Å². The van der Waals surface area contributed by atoms with E-state index < -0.39 is 35.2 Å². The first-order chi connectivity index (χ1) is 17.2. The van der Waals surface area contributed by atoms with Crippen LogP contribution in [0.4, 0.5) is 0 Å². The number of carbonyl (C=O) groups is 3. The minimum atomic E-state index is -1.03. The minimum absolute atomic E-state index is 0.0668. The second-order valence-electron chi connectivity index (χ2n) is 8.68. The summed E-state index contributed by atoms with van der Waals surface area (Å²) in [5, 5.41) is 22.2. The summed E-state index contributed by atoms with van der Waals surface area (Å²) in [6, 6.07) is 7.01. The zero-order valence-electron chi connectivity index (χ0n) is 20.0. The van der Waals surface area contributed by atoms with Gasteiger partial charge in [-0.15, -0.1) is 33.6 Å². The normalized spacial score (nSPS) is 20.1. The van der Waals surface area contributed by atoms with Gasteiger partial charge in [-0.3, -0.25) is 14.9 Å². The Kier molecular flexibility index (Phi) is 10.3. The highest BCUT2D eigenvalue weighted by molar-refractivity contribution is 8.21. The SMILES string of the molecule is CC(NC(CCc1ccccc1)C(=O)OCCCO[N+](=O)[O-])C(=O)N1CC2(CC1C(=O)O)SCCS2. The lowest BCUT2D eigenvalue weighted by Crippen LogP contribution is -2.53. The van der Waals surface area contributed by atoms with Crippen molar-refractivity contribution < 1.29 is 34.2 Å². The molecule has 2 aliphatic heterocycles. The van der Waals surface area contributed by atoms with Crippen LogP contribution >= 0.6 is 23.5 Å². The number of aryl methyl sites for hydroxylation is 1. The maximum Gasteiger partial charge on any atom is 0.326 e. The Balaban J connectivity index is 1.63. The molecule has 11 nitrogen and oxygen atoms in total. The molecule has 2 fully saturated rings. The first-order valence-electron chi connectivity index (χ1n) is 11.8. The van der Waals surface area contributed by atoms with E-state index in [1.165, 1.54) is 4.90 Å². The third-order valence-corrected chi connectivity index (χ3v) is 9.50. The van der Waals surface area contributed by atoms with Crippen molar-refractivity contribution in [3.8, 4) is 0 Å². The van der Waals surface area contributed by atoms with Crippen molar-refractivity contribution in [3.63, 3.8) is 0 Å². The molecule has 36 heavy (non-hydrogen) atoms. The van der Waals surface area contributed by atoms with E-state index in [0.29, 0.717) is 25.8 Å². The Morgan fingerprint density at radius 2 is 1.94 bits per heavy atom. The number of amides is 1. The lowest BCUT2D eigenvalue weighted by Gasteiger charge is -2.28. The van der Waals surface area contributed by atoms with Gasteiger partial charge in [-0.25, -0.2) is 4.79 Å². The van der Waals surface area contributed by atoms with Crippen LogP contribution < -0.4 is 5.32 Å². The highest BCUT2D eigenvalue weighted by Gasteiger charge is 2.52. The molecule has 2 heterocycles. The monoisotopic (exact) mass is 541 g/mol. The number of aliphatic carboxylic acids is 1. The number of likely N-dealkylation sites (tertiary alicyclic amines) is 1. The van der Waals surface area contributed by atoms with Crippen LogP contribution in [0.2, 0.25) is 0 Å². The largest absolute Gasteiger partial charge is 0.480 e. The number of carboxylic acids is 1. The fourth-order valence-corrected chi connectivity index (χ4v) is 7.57. The number of esters is 1. The molecule has 198 valence electrons. The molecule has 3 atom stereocenters. The van der Waals surface area contributed by atoms with Gasteiger partial charge in [0, 0.05) is 30.9 Å². The Bertz CT molecular complexity index is 929. The molecule has 1 aromatic carbocycles. The topological polar surface area (TPSA) is 148 Å². The first kappa shape index (κ1) is 28.1. The molecule has 0 saturated carbocycles. The highest BCUT2D eigenvalue weighted by atomic mass is 32.2. The minimum Gasteiger partial charge on any atom is -0.480 e. The first-order valence-corrected chi connectivity index (χ1v) is 13.7. The lowest BCUT2D eigenvalue weighted by atomic mass is 10.0. The van der Waals surface area contributed by atoms with E-state index in [2.05, 4.69) is 10.2 Å². The molecule has 0 aliphatic carbocycles. The Morgan fingerprint density at radius 1 is 1.25 bits per heavy atom. The summed E-state index contributed by atoms with van der Waals surface area (Å²) in [4.78, 5) is 54.0. The van der Waals surface area contributed by atoms with Gasteiger partial charge in [0.1, 0.15) is 12.1 Å². The van der Waals surface area contributed by atoms with Gasteiger partial charge in [0.15, 0.2) is 0 Å². The van der Waals surface area contributed by atoms with Crippen LogP contribution in [-0.4, -0.2) is 86.4 Å². The smallest absolute Gasteiger partial charge is 0.326 e. The number of nitrogens with one attached hydrogen (secondary N) is 1. The van der Waals surface area contributed by atoms with Crippen molar-refractivity contribution in [2.24, 2.45) is 0 Å². The molecule has 1 amide bonds. The van der Waals surface area contributed by atoms with Crippen LogP contribution in [0.5, 0.6) is 0 Å². The van der Waals surface area contributed by atoms with Crippen molar-refractivity contribution in [1.82, 2.24) is 10.2 Å². The van der Waals surface area contributed by atoms with Gasteiger partial charge in [-0.1, -0.05) is 30.3 Å². The van der Waals surface area contributed by atoms with Crippen molar-refractivity contribution in [2.75, 3.05) is 31.3 Å². The molecule has 3 unspecified atom stereocenters. The summed E-state index contributed by atoms with van der Waals surface area (Å²) >= 11 is 3.41. The molecule has 13 heteroatoms. The Hall–Kier alpha value is -2.51. The number of hydrogen-bond acceptors (Lipinski definition) is 10. The Morgan fingerprint density at radius 3 is 2.58 bits per heavy atom. The van der Waals surface area contributed by atoms with Crippen LogP contribution in [0.3, 0.4) is 0 Å². The second-order valence-corrected chi connectivity index (χ2v) is 11.9. The van der Waals surface area contributed by atoms with Gasteiger partial charge < -0.3 is 19.6 Å². The van der Waals surface area contributed by atoms with Crippen LogP contribution in [-0.2, 0) is 30.4 Å². The van der Waals surface area contributed by atoms with Crippen molar-refractivity contribution >= 4 is 41.4 Å². The van der Waals surface area contributed by atoms with Gasteiger partial charge in [0.05, 0.1) is 23.3 Å². The van der Waals surface area contributed by atoms with E-state index in [1.807, 2.05) is 30.3 Å². The summed E-state index contributed by atoms with van der Waals surface area (Å²) in [5.41, 5.74) is 1.01. The molecule has 0 bridgehead atoms. The highest BCUT2D eigenvalue weighted by Crippen LogP contribution is 2.51. The van der Waals surface area contributed by atoms with Crippen LogP contribution in [0.25, 0.3) is 0 Å². The molecule has 2 N–H and O–H groups in total. The number of ether oxygens (including phenoxy) is 1. The van der Waals surface area contributed by atoms with Crippen LogP contribution in [0.1, 0.15) is 31.7 Å². The van der Waals surface area contributed by atoms with Gasteiger partial charge in [0.25, 0.3) is 5.09 Å². The van der Waals surface area contributed by atoms with Gasteiger partial charge in [0.2, 0.25) is 5.91 Å². The number of hydrogen-bond donors (Lipinski definition) is 2. The second kappa shape index (κ2) is 13.2. The van der Waals surface area contributed by atoms with Crippen molar-refractivity contribution in [2.45, 2.75) is 54.8 Å². The number of carbonyl (C=O) groups excluding carboxylic acids is 2. The third-order valence-electron chi connectivity index (χ3n) is 6.07. The number of rotatable bonds is 13. The molecule has 0 radical (unpaired) electrons. The third kappa shape index (κ3) is 7.74. The van der Waals surface area contributed by atoms with E-state index >= 15 is 0 Å². The number of carboxylic acid groups (broad SMARTS) is 1.